The van der Waals surface area contributed by atoms with Crippen molar-refractivity contribution in [2.45, 2.75) is 24.6 Å². The highest BCUT2D eigenvalue weighted by molar-refractivity contribution is 5.57. The van der Waals surface area contributed by atoms with E-state index in [4.69, 9.17) is 4.74 Å². The Bertz CT molecular complexity index is 520. The van der Waals surface area contributed by atoms with Crippen LogP contribution in [0, 0.1) is 0 Å². The van der Waals surface area contributed by atoms with Crippen LogP contribution in [0.2, 0.25) is 0 Å². The van der Waals surface area contributed by atoms with E-state index >= 15 is 0 Å². The first-order valence-electron chi connectivity index (χ1n) is 7.17. The van der Waals surface area contributed by atoms with E-state index in [1.165, 1.54) is 0 Å². The van der Waals surface area contributed by atoms with Crippen LogP contribution in [-0.2, 0) is 0 Å². The molecule has 1 N–H and O–H groups in total. The van der Waals surface area contributed by atoms with Crippen LogP contribution in [0.1, 0.15) is 18.4 Å². The Hall–Kier alpha value is -1.53. The molecule has 6 heteroatoms. The van der Waals surface area contributed by atoms with Crippen LogP contribution in [0.5, 0.6) is 5.75 Å². The van der Waals surface area contributed by atoms with Gasteiger partial charge in [0.05, 0.1) is 7.11 Å². The number of aliphatic hydroxyl groups is 1. The molecule has 1 saturated heterocycles. The lowest BCUT2D eigenvalue weighted by atomic mass is 9.91. The fourth-order valence-electron chi connectivity index (χ4n) is 2.52. The van der Waals surface area contributed by atoms with E-state index in [2.05, 4.69) is 0 Å². The van der Waals surface area contributed by atoms with Gasteiger partial charge < -0.3 is 9.84 Å². The number of hydrogen-bond donors (Lipinski definition) is 1. The van der Waals surface area contributed by atoms with Gasteiger partial charge in [0.25, 0.3) is 0 Å². The molecule has 0 aliphatic carbocycles. The molecule has 0 atom stereocenters. The van der Waals surface area contributed by atoms with Crippen molar-refractivity contribution in [3.05, 3.63) is 35.9 Å². The van der Waals surface area contributed by atoms with E-state index in [9.17, 15) is 18.3 Å². The quantitative estimate of drug-likeness (QED) is 0.927. The van der Waals surface area contributed by atoms with Crippen LogP contribution in [0.3, 0.4) is 0 Å². The van der Waals surface area contributed by atoms with E-state index in [0.29, 0.717) is 6.54 Å². The summed E-state index contributed by atoms with van der Waals surface area (Å²) in [4.78, 5) is 1.89. The zero-order chi connectivity index (χ0) is 16.2. The Balaban J connectivity index is 1.88. The SMILES string of the molecule is COc1ccccc1C=CCN1CCC(O)(C(F)(F)F)CC1. The third kappa shape index (κ3) is 3.81. The van der Waals surface area contributed by atoms with E-state index in [1.54, 1.807) is 7.11 Å². The molecule has 0 amide bonds. The van der Waals surface area contributed by atoms with Gasteiger partial charge in [-0.3, -0.25) is 4.90 Å². The smallest absolute Gasteiger partial charge is 0.417 e. The highest BCUT2D eigenvalue weighted by Crippen LogP contribution is 2.38. The van der Waals surface area contributed by atoms with Crippen LogP contribution in [0.15, 0.2) is 30.3 Å². The van der Waals surface area contributed by atoms with E-state index in [1.807, 2.05) is 41.3 Å². The lowest BCUT2D eigenvalue weighted by Crippen LogP contribution is -2.53. The maximum absolute atomic E-state index is 12.7. The van der Waals surface area contributed by atoms with Crippen molar-refractivity contribution in [1.29, 1.82) is 0 Å². The van der Waals surface area contributed by atoms with Gasteiger partial charge in [-0.05, 0) is 18.9 Å². The Kier molecular flexibility index (Phi) is 5.13. The third-order valence-electron chi connectivity index (χ3n) is 4.01. The fraction of sp³-hybridized carbons (Fsp3) is 0.500. The second-order valence-electron chi connectivity index (χ2n) is 5.47. The minimum atomic E-state index is -4.55. The first-order valence-corrected chi connectivity index (χ1v) is 7.17. The molecule has 1 aromatic carbocycles. The summed E-state index contributed by atoms with van der Waals surface area (Å²) >= 11 is 0. The van der Waals surface area contributed by atoms with E-state index < -0.39 is 11.8 Å². The number of methoxy groups -OCH3 is 1. The molecule has 0 saturated carbocycles. The fourth-order valence-corrected chi connectivity index (χ4v) is 2.52. The molecule has 0 bridgehead atoms. The highest BCUT2D eigenvalue weighted by atomic mass is 19.4. The maximum atomic E-state index is 12.7. The van der Waals surface area contributed by atoms with Crippen molar-refractivity contribution in [2.24, 2.45) is 0 Å². The summed E-state index contributed by atoms with van der Waals surface area (Å²) in [5.74, 6) is 0.754. The summed E-state index contributed by atoms with van der Waals surface area (Å²) in [6.45, 7) is 1.00. The molecule has 0 aromatic heterocycles. The Morgan fingerprint density at radius 2 is 1.91 bits per heavy atom. The van der Waals surface area contributed by atoms with Crippen LogP contribution >= 0.6 is 0 Å². The standard InChI is InChI=1S/C16H20F3NO2/c1-22-14-7-3-2-5-13(14)6-4-10-20-11-8-15(21,9-12-20)16(17,18)19/h2-7,21H,8-12H2,1H3. The van der Waals surface area contributed by atoms with E-state index in [-0.39, 0.29) is 25.9 Å². The van der Waals surface area contributed by atoms with E-state index in [0.717, 1.165) is 11.3 Å². The van der Waals surface area contributed by atoms with Crippen molar-refractivity contribution in [2.75, 3.05) is 26.7 Å². The number of benzene rings is 1. The summed E-state index contributed by atoms with van der Waals surface area (Å²) in [7, 11) is 1.59. The van der Waals surface area contributed by atoms with Crippen LogP contribution < -0.4 is 4.74 Å². The average Bonchev–Trinajstić information content (AvgIpc) is 2.49. The molecule has 0 unspecified atom stereocenters. The number of alkyl halides is 3. The minimum absolute atomic E-state index is 0.228. The highest BCUT2D eigenvalue weighted by Gasteiger charge is 2.54. The molecular formula is C16H20F3NO2. The predicted molar refractivity (Wildman–Crippen MR) is 78.7 cm³/mol. The molecule has 22 heavy (non-hydrogen) atoms. The van der Waals surface area contributed by atoms with Gasteiger partial charge in [0.15, 0.2) is 5.60 Å². The topological polar surface area (TPSA) is 32.7 Å². The lowest BCUT2D eigenvalue weighted by Gasteiger charge is -2.38. The molecule has 1 aliphatic rings. The second kappa shape index (κ2) is 6.71. The molecule has 1 aliphatic heterocycles. The van der Waals surface area contributed by atoms with Gasteiger partial charge in [0, 0.05) is 25.2 Å². The number of nitrogens with zero attached hydrogens (tertiary/aromatic N) is 1. The average molecular weight is 315 g/mol. The predicted octanol–water partition coefficient (Wildman–Crippen LogP) is 3.10. The van der Waals surface area contributed by atoms with Gasteiger partial charge in [-0.2, -0.15) is 13.2 Å². The Morgan fingerprint density at radius 3 is 2.50 bits per heavy atom. The van der Waals surface area contributed by atoms with Crippen molar-refractivity contribution in [3.8, 4) is 5.75 Å². The lowest BCUT2D eigenvalue weighted by molar-refractivity contribution is -0.272. The summed E-state index contributed by atoms with van der Waals surface area (Å²) in [6, 6.07) is 7.53. The minimum Gasteiger partial charge on any atom is -0.496 e. The maximum Gasteiger partial charge on any atom is 0.417 e. The van der Waals surface area contributed by atoms with Crippen LogP contribution in [0.4, 0.5) is 13.2 Å². The number of piperidine rings is 1. The van der Waals surface area contributed by atoms with Gasteiger partial charge >= 0.3 is 6.18 Å². The molecule has 2 rings (SSSR count). The molecular weight excluding hydrogens is 295 g/mol. The summed E-state index contributed by atoms with van der Waals surface area (Å²) < 4.78 is 43.4. The summed E-state index contributed by atoms with van der Waals surface area (Å²) in [5, 5.41) is 9.61. The summed E-state index contributed by atoms with van der Waals surface area (Å²) in [5.41, 5.74) is -1.61. The molecule has 3 nitrogen and oxygen atoms in total. The number of ether oxygens (including phenoxy) is 1. The van der Waals surface area contributed by atoms with Crippen molar-refractivity contribution >= 4 is 6.08 Å². The molecule has 0 spiro atoms. The molecule has 0 radical (unpaired) electrons. The number of rotatable bonds is 4. The Morgan fingerprint density at radius 1 is 1.27 bits per heavy atom. The Labute approximate surface area is 128 Å². The number of likely N-dealkylation sites (tertiary alicyclic amines) is 1. The monoisotopic (exact) mass is 315 g/mol. The van der Waals surface area contributed by atoms with Crippen LogP contribution in [0.25, 0.3) is 6.08 Å². The van der Waals surface area contributed by atoms with Crippen molar-refractivity contribution < 1.29 is 23.0 Å². The number of para-hydroxylation sites is 1. The van der Waals surface area contributed by atoms with Gasteiger partial charge in [0.2, 0.25) is 0 Å². The molecule has 1 aromatic rings. The first-order chi connectivity index (χ1) is 10.4. The summed E-state index contributed by atoms with van der Waals surface area (Å²) in [6.07, 6.45) is -1.32. The van der Waals surface area contributed by atoms with Gasteiger partial charge in [-0.1, -0.05) is 30.4 Å². The second-order valence-corrected chi connectivity index (χ2v) is 5.47. The van der Waals surface area contributed by atoms with Crippen LogP contribution in [-0.4, -0.2) is 48.5 Å². The van der Waals surface area contributed by atoms with Gasteiger partial charge in [-0.15, -0.1) is 0 Å². The molecule has 1 fully saturated rings. The molecule has 122 valence electrons. The third-order valence-corrected chi connectivity index (χ3v) is 4.01. The first kappa shape index (κ1) is 16.8. The number of halogens is 3. The normalized spacial score (nSPS) is 19.5. The largest absolute Gasteiger partial charge is 0.496 e. The number of hydrogen-bond acceptors (Lipinski definition) is 3. The van der Waals surface area contributed by atoms with Crippen molar-refractivity contribution in [3.63, 3.8) is 0 Å². The zero-order valence-electron chi connectivity index (χ0n) is 12.4. The van der Waals surface area contributed by atoms with Gasteiger partial charge in [0.1, 0.15) is 5.75 Å². The zero-order valence-corrected chi connectivity index (χ0v) is 12.4. The van der Waals surface area contributed by atoms with Gasteiger partial charge in [-0.25, -0.2) is 0 Å². The molecule has 1 heterocycles. The van der Waals surface area contributed by atoms with Crippen molar-refractivity contribution in [1.82, 2.24) is 4.90 Å².